The van der Waals surface area contributed by atoms with Gasteiger partial charge in [-0.25, -0.2) is 0 Å². The molecule has 0 spiro atoms. The molecule has 1 amide bonds. The van der Waals surface area contributed by atoms with Crippen LogP contribution in [-0.4, -0.2) is 36.2 Å². The van der Waals surface area contributed by atoms with Gasteiger partial charge in [-0.2, -0.15) is 8.42 Å². The van der Waals surface area contributed by atoms with Crippen LogP contribution in [0.5, 0.6) is 0 Å². The summed E-state index contributed by atoms with van der Waals surface area (Å²) in [5.41, 5.74) is 1.22. The van der Waals surface area contributed by atoms with Gasteiger partial charge < -0.3 is 15.3 Å². The van der Waals surface area contributed by atoms with Crippen LogP contribution in [0.3, 0.4) is 0 Å². The summed E-state index contributed by atoms with van der Waals surface area (Å²) in [4.78, 5) is 15.0. The molecule has 3 aliphatic rings. The number of anilines is 1. The minimum atomic E-state index is -3.97. The van der Waals surface area contributed by atoms with Gasteiger partial charge >= 0.3 is 0 Å². The molecule has 30 heavy (non-hydrogen) atoms. The van der Waals surface area contributed by atoms with E-state index in [4.69, 9.17) is 0 Å². The number of carbonyl (C=O) groups is 1. The van der Waals surface area contributed by atoms with Gasteiger partial charge in [0, 0.05) is 6.54 Å². The fourth-order valence-electron chi connectivity index (χ4n) is 4.02. The monoisotopic (exact) mass is 423 g/mol. The lowest BCUT2D eigenvalue weighted by atomic mass is 10.1. The first-order valence-electron chi connectivity index (χ1n) is 9.93. The zero-order valence-corrected chi connectivity index (χ0v) is 17.0. The molecule has 1 saturated carbocycles. The van der Waals surface area contributed by atoms with Crippen LogP contribution in [0.25, 0.3) is 0 Å². The van der Waals surface area contributed by atoms with Crippen LogP contribution in [0.15, 0.2) is 75.2 Å². The van der Waals surface area contributed by atoms with Crippen molar-refractivity contribution in [1.29, 1.82) is 0 Å². The number of amides is 1. The average molecular weight is 423 g/mol. The first kappa shape index (κ1) is 18.9. The molecule has 0 bridgehead atoms. The Balaban J connectivity index is 1.53. The Morgan fingerprint density at radius 2 is 1.77 bits per heavy atom. The molecular weight excluding hydrogens is 402 g/mol. The van der Waals surface area contributed by atoms with Gasteiger partial charge in [0.1, 0.15) is 16.2 Å². The molecule has 1 fully saturated rings. The standard InChI is InChI=1S/C22H21N3O4S/c26-20-17(12-14-10-11-14)25(13-15-6-2-1-3-7-15)22(27)19(20)21-23-16-8-4-5-9-18(16)30(28,29)24-21/h1-9,14,17,26H,10-13H2,(H,23,24). The Labute approximate surface area is 174 Å². The van der Waals surface area contributed by atoms with Crippen LogP contribution in [0, 0.1) is 5.92 Å². The van der Waals surface area contributed by atoms with Crippen LogP contribution in [0.4, 0.5) is 5.69 Å². The van der Waals surface area contributed by atoms with E-state index in [1.54, 1.807) is 23.1 Å². The van der Waals surface area contributed by atoms with Crippen molar-refractivity contribution in [2.75, 3.05) is 5.32 Å². The van der Waals surface area contributed by atoms with Crippen molar-refractivity contribution in [2.45, 2.75) is 36.7 Å². The molecule has 2 aliphatic heterocycles. The highest BCUT2D eigenvalue weighted by molar-refractivity contribution is 7.90. The van der Waals surface area contributed by atoms with Gasteiger partial charge in [0.15, 0.2) is 5.84 Å². The number of sulfonamides is 1. The molecule has 2 aromatic carbocycles. The summed E-state index contributed by atoms with van der Waals surface area (Å²) >= 11 is 0. The molecule has 8 heteroatoms. The third-order valence-corrected chi connectivity index (χ3v) is 7.07. The van der Waals surface area contributed by atoms with Gasteiger partial charge in [-0.3, -0.25) is 4.79 Å². The van der Waals surface area contributed by atoms with E-state index in [-0.39, 0.29) is 22.1 Å². The van der Waals surface area contributed by atoms with Gasteiger partial charge in [-0.1, -0.05) is 55.3 Å². The van der Waals surface area contributed by atoms with E-state index >= 15 is 0 Å². The first-order chi connectivity index (χ1) is 14.4. The van der Waals surface area contributed by atoms with Crippen molar-refractivity contribution in [3.05, 3.63) is 71.5 Å². The molecule has 1 atom stereocenters. The molecule has 7 nitrogen and oxygen atoms in total. The van der Waals surface area contributed by atoms with Gasteiger partial charge in [0.25, 0.3) is 15.9 Å². The smallest absolute Gasteiger partial charge is 0.286 e. The molecular formula is C22H21N3O4S. The molecule has 0 aromatic heterocycles. The summed E-state index contributed by atoms with van der Waals surface area (Å²) in [7, 11) is -3.97. The fraction of sp³-hybridized carbons (Fsp3) is 0.273. The predicted molar refractivity (Wildman–Crippen MR) is 112 cm³/mol. The highest BCUT2D eigenvalue weighted by Crippen LogP contribution is 2.40. The number of benzene rings is 2. The van der Waals surface area contributed by atoms with E-state index < -0.39 is 22.0 Å². The summed E-state index contributed by atoms with van der Waals surface area (Å²) < 4.78 is 29.1. The lowest BCUT2D eigenvalue weighted by molar-refractivity contribution is -0.127. The highest BCUT2D eigenvalue weighted by Gasteiger charge is 2.45. The Morgan fingerprint density at radius 3 is 2.50 bits per heavy atom. The molecule has 2 N–H and O–H groups in total. The summed E-state index contributed by atoms with van der Waals surface area (Å²) in [6, 6.07) is 15.5. The second kappa shape index (κ2) is 6.98. The first-order valence-corrected chi connectivity index (χ1v) is 11.4. The molecule has 154 valence electrons. The normalized spacial score (nSPS) is 22.5. The predicted octanol–water partition coefficient (Wildman–Crippen LogP) is 3.22. The van der Waals surface area contributed by atoms with E-state index in [0.29, 0.717) is 24.6 Å². The van der Waals surface area contributed by atoms with Crippen molar-refractivity contribution in [2.24, 2.45) is 10.3 Å². The Morgan fingerprint density at radius 1 is 1.07 bits per heavy atom. The van der Waals surface area contributed by atoms with Gasteiger partial charge in [0.2, 0.25) is 0 Å². The number of nitrogens with one attached hydrogen (secondary N) is 1. The van der Waals surface area contributed by atoms with Crippen LogP contribution >= 0.6 is 0 Å². The Hall–Kier alpha value is -3.13. The highest BCUT2D eigenvalue weighted by atomic mass is 32.2. The van der Waals surface area contributed by atoms with E-state index in [0.717, 1.165) is 18.4 Å². The second-order valence-electron chi connectivity index (χ2n) is 7.91. The minimum Gasteiger partial charge on any atom is -0.509 e. The van der Waals surface area contributed by atoms with Crippen LogP contribution in [0.1, 0.15) is 24.8 Å². The van der Waals surface area contributed by atoms with Crippen molar-refractivity contribution >= 4 is 27.5 Å². The number of para-hydroxylation sites is 1. The number of nitrogens with zero attached hydrogens (tertiary/aromatic N) is 2. The van der Waals surface area contributed by atoms with Crippen molar-refractivity contribution in [3.8, 4) is 0 Å². The maximum absolute atomic E-state index is 13.3. The average Bonchev–Trinajstić information content (AvgIpc) is 3.51. The number of hydrogen-bond donors (Lipinski definition) is 2. The zero-order valence-electron chi connectivity index (χ0n) is 16.2. The van der Waals surface area contributed by atoms with Crippen molar-refractivity contribution in [1.82, 2.24) is 4.90 Å². The molecule has 2 heterocycles. The summed E-state index contributed by atoms with van der Waals surface area (Å²) in [6.07, 6.45) is 2.81. The summed E-state index contributed by atoms with van der Waals surface area (Å²) in [5.74, 6) is -0.174. The maximum Gasteiger partial charge on any atom is 0.286 e. The molecule has 5 rings (SSSR count). The van der Waals surface area contributed by atoms with Crippen LogP contribution < -0.4 is 5.32 Å². The molecule has 0 saturated heterocycles. The lowest BCUT2D eigenvalue weighted by Crippen LogP contribution is -2.36. The third-order valence-electron chi connectivity index (χ3n) is 5.74. The van der Waals surface area contributed by atoms with E-state index in [1.807, 2.05) is 30.3 Å². The molecule has 0 radical (unpaired) electrons. The lowest BCUT2D eigenvalue weighted by Gasteiger charge is -2.25. The molecule has 1 aliphatic carbocycles. The van der Waals surface area contributed by atoms with Gasteiger partial charge in [-0.05, 0) is 30.0 Å². The second-order valence-corrected chi connectivity index (χ2v) is 9.48. The fourth-order valence-corrected chi connectivity index (χ4v) is 5.15. The van der Waals surface area contributed by atoms with Crippen molar-refractivity contribution < 1.29 is 18.3 Å². The molecule has 1 unspecified atom stereocenters. The Bertz CT molecular complexity index is 1180. The van der Waals surface area contributed by atoms with Gasteiger partial charge in [0.05, 0.1) is 11.7 Å². The number of fused-ring (bicyclic) bond motifs is 1. The van der Waals surface area contributed by atoms with E-state index in [2.05, 4.69) is 9.71 Å². The largest absolute Gasteiger partial charge is 0.509 e. The number of hydrogen-bond acceptors (Lipinski definition) is 5. The SMILES string of the molecule is O=C1C(C2=NS(=O)(=O)c3ccccc3N2)=C(O)C(CC2CC2)N1Cc1ccccc1. The number of amidine groups is 1. The Kier molecular flexibility index (Phi) is 4.39. The topological polar surface area (TPSA) is 99.1 Å². The van der Waals surface area contributed by atoms with Crippen molar-refractivity contribution in [3.63, 3.8) is 0 Å². The summed E-state index contributed by atoms with van der Waals surface area (Å²) in [6.45, 7) is 0.335. The zero-order chi connectivity index (χ0) is 20.9. The van der Waals surface area contributed by atoms with Gasteiger partial charge in [-0.15, -0.1) is 4.40 Å². The maximum atomic E-state index is 13.3. The van der Waals surface area contributed by atoms with Crippen LogP contribution in [-0.2, 0) is 21.4 Å². The number of aliphatic hydroxyl groups is 1. The van der Waals surface area contributed by atoms with E-state index in [9.17, 15) is 18.3 Å². The minimum absolute atomic E-state index is 0.0509. The number of carbonyl (C=O) groups excluding carboxylic acids is 1. The summed E-state index contributed by atoms with van der Waals surface area (Å²) in [5, 5.41) is 14.0. The van der Waals surface area contributed by atoms with E-state index in [1.165, 1.54) is 6.07 Å². The number of rotatable bonds is 5. The number of aliphatic hydroxyl groups excluding tert-OH is 1. The quantitative estimate of drug-likeness (QED) is 0.769. The molecule has 2 aromatic rings. The third kappa shape index (κ3) is 3.27. The van der Waals surface area contributed by atoms with Crippen LogP contribution in [0.2, 0.25) is 0 Å².